The zero-order valence-corrected chi connectivity index (χ0v) is 18.6. The van der Waals surface area contributed by atoms with Gasteiger partial charge in [0.1, 0.15) is 0 Å². The van der Waals surface area contributed by atoms with E-state index >= 15 is 0 Å². The summed E-state index contributed by atoms with van der Waals surface area (Å²) in [6, 6.07) is 20.2. The van der Waals surface area contributed by atoms with Crippen molar-refractivity contribution in [1.82, 2.24) is 0 Å². The molecule has 0 saturated heterocycles. The molecule has 0 amide bonds. The molecule has 2 rings (SSSR count). The molecule has 0 aliphatic rings. The average Bonchev–Trinajstić information content (AvgIpc) is 2.75. The molecule has 0 N–H and O–H groups in total. The second-order valence-corrected chi connectivity index (χ2v) is 8.17. The third-order valence-electron chi connectivity index (χ3n) is 5.61. The SMILES string of the molecule is COCC(C)(CCOC(=O)OCCC(C)(COC)c1ccccc1)c1ccccc1. The Hall–Kier alpha value is -2.37. The van der Waals surface area contributed by atoms with E-state index in [-0.39, 0.29) is 24.0 Å². The van der Waals surface area contributed by atoms with E-state index in [2.05, 4.69) is 38.1 Å². The minimum Gasteiger partial charge on any atom is -0.434 e. The average molecular weight is 415 g/mol. The second kappa shape index (κ2) is 11.7. The van der Waals surface area contributed by atoms with Crippen molar-refractivity contribution in [3.05, 3.63) is 71.8 Å². The first-order valence-electron chi connectivity index (χ1n) is 10.3. The Morgan fingerprint density at radius 3 is 1.40 bits per heavy atom. The highest BCUT2D eigenvalue weighted by Crippen LogP contribution is 2.29. The Balaban J connectivity index is 1.82. The van der Waals surface area contributed by atoms with Crippen molar-refractivity contribution in [1.29, 1.82) is 0 Å². The molecule has 0 spiro atoms. The van der Waals surface area contributed by atoms with Crippen LogP contribution in [0, 0.1) is 0 Å². The van der Waals surface area contributed by atoms with Gasteiger partial charge in [-0.25, -0.2) is 4.79 Å². The fourth-order valence-corrected chi connectivity index (χ4v) is 3.68. The number of carbonyl (C=O) groups is 1. The van der Waals surface area contributed by atoms with E-state index in [9.17, 15) is 4.79 Å². The van der Waals surface area contributed by atoms with Crippen molar-refractivity contribution in [2.75, 3.05) is 40.6 Å². The first-order chi connectivity index (χ1) is 14.4. The van der Waals surface area contributed by atoms with E-state index in [0.29, 0.717) is 26.1 Å². The van der Waals surface area contributed by atoms with Crippen LogP contribution in [0.2, 0.25) is 0 Å². The molecule has 2 aromatic carbocycles. The Labute approximate surface area is 180 Å². The molecule has 2 unspecified atom stereocenters. The van der Waals surface area contributed by atoms with E-state index in [1.165, 1.54) is 0 Å². The number of hydrogen-bond donors (Lipinski definition) is 0. The van der Waals surface area contributed by atoms with Gasteiger partial charge in [0.25, 0.3) is 0 Å². The molecule has 30 heavy (non-hydrogen) atoms. The molecule has 0 aromatic heterocycles. The van der Waals surface area contributed by atoms with E-state index in [1.807, 2.05) is 36.4 Å². The molecule has 0 heterocycles. The first kappa shape index (κ1) is 23.9. The molecular weight excluding hydrogens is 380 g/mol. The highest BCUT2D eigenvalue weighted by molar-refractivity contribution is 5.59. The summed E-state index contributed by atoms with van der Waals surface area (Å²) >= 11 is 0. The summed E-state index contributed by atoms with van der Waals surface area (Å²) in [5.74, 6) is 0. The number of benzene rings is 2. The number of methoxy groups -OCH3 is 2. The van der Waals surface area contributed by atoms with Gasteiger partial charge >= 0.3 is 6.16 Å². The Kier molecular flexibility index (Phi) is 9.34. The normalized spacial score (nSPS) is 15.1. The topological polar surface area (TPSA) is 54.0 Å². The summed E-state index contributed by atoms with van der Waals surface area (Å²) in [4.78, 5) is 12.1. The van der Waals surface area contributed by atoms with Gasteiger partial charge in [0.05, 0.1) is 26.4 Å². The van der Waals surface area contributed by atoms with E-state index in [0.717, 1.165) is 11.1 Å². The maximum atomic E-state index is 12.1. The van der Waals surface area contributed by atoms with Crippen molar-refractivity contribution in [3.8, 4) is 0 Å². The quantitative estimate of drug-likeness (QED) is 0.451. The Morgan fingerprint density at radius 2 is 1.07 bits per heavy atom. The lowest BCUT2D eigenvalue weighted by molar-refractivity contribution is 0.0356. The largest absolute Gasteiger partial charge is 0.508 e. The van der Waals surface area contributed by atoms with Crippen LogP contribution in [0.4, 0.5) is 4.79 Å². The second-order valence-electron chi connectivity index (χ2n) is 8.17. The molecule has 5 nitrogen and oxygen atoms in total. The summed E-state index contributed by atoms with van der Waals surface area (Å²) in [6.45, 7) is 5.83. The maximum Gasteiger partial charge on any atom is 0.508 e. The lowest BCUT2D eigenvalue weighted by Gasteiger charge is -2.30. The van der Waals surface area contributed by atoms with Crippen LogP contribution in [-0.2, 0) is 29.8 Å². The highest BCUT2D eigenvalue weighted by atomic mass is 16.7. The number of carbonyl (C=O) groups excluding carboxylic acids is 1. The Bertz CT molecular complexity index is 685. The van der Waals surface area contributed by atoms with Gasteiger partial charge in [0.2, 0.25) is 0 Å². The van der Waals surface area contributed by atoms with Gasteiger partial charge in [-0.2, -0.15) is 0 Å². The van der Waals surface area contributed by atoms with Crippen molar-refractivity contribution >= 4 is 6.16 Å². The predicted octanol–water partition coefficient (Wildman–Crippen LogP) is 5.13. The molecule has 0 fully saturated rings. The Morgan fingerprint density at radius 1 is 0.700 bits per heavy atom. The van der Waals surface area contributed by atoms with Crippen LogP contribution in [0.25, 0.3) is 0 Å². The summed E-state index contributed by atoms with van der Waals surface area (Å²) in [5.41, 5.74) is 1.84. The van der Waals surface area contributed by atoms with Crippen LogP contribution in [0.3, 0.4) is 0 Å². The van der Waals surface area contributed by atoms with Crippen LogP contribution >= 0.6 is 0 Å². The van der Waals surface area contributed by atoms with Gasteiger partial charge in [-0.05, 0) is 24.0 Å². The van der Waals surface area contributed by atoms with E-state index < -0.39 is 6.16 Å². The van der Waals surface area contributed by atoms with Crippen LogP contribution < -0.4 is 0 Å². The van der Waals surface area contributed by atoms with Gasteiger partial charge < -0.3 is 18.9 Å². The summed E-state index contributed by atoms with van der Waals surface area (Å²) in [5, 5.41) is 0. The van der Waals surface area contributed by atoms with Gasteiger partial charge in [0.15, 0.2) is 0 Å². The smallest absolute Gasteiger partial charge is 0.434 e. The lowest BCUT2D eigenvalue weighted by atomic mass is 9.80. The third-order valence-corrected chi connectivity index (χ3v) is 5.61. The molecule has 0 aliphatic carbocycles. The van der Waals surface area contributed by atoms with E-state index in [1.54, 1.807) is 14.2 Å². The minimum absolute atomic E-state index is 0.235. The van der Waals surface area contributed by atoms with Crippen molar-refractivity contribution in [2.24, 2.45) is 0 Å². The lowest BCUT2D eigenvalue weighted by Crippen LogP contribution is -2.31. The molecular formula is C25H34O5. The van der Waals surface area contributed by atoms with Crippen molar-refractivity contribution < 1.29 is 23.7 Å². The van der Waals surface area contributed by atoms with E-state index in [4.69, 9.17) is 18.9 Å². The standard InChI is InChI=1S/C25H34O5/c1-24(19-27-3,21-11-7-5-8-12-21)15-17-29-23(26)30-18-16-25(2,20-28-4)22-13-9-6-10-14-22/h5-14H,15-20H2,1-4H3. The molecule has 0 radical (unpaired) electrons. The van der Waals surface area contributed by atoms with Crippen molar-refractivity contribution in [2.45, 2.75) is 37.5 Å². The van der Waals surface area contributed by atoms with Gasteiger partial charge in [0, 0.05) is 25.0 Å². The molecule has 0 saturated carbocycles. The zero-order valence-electron chi connectivity index (χ0n) is 18.6. The predicted molar refractivity (Wildman–Crippen MR) is 118 cm³/mol. The van der Waals surface area contributed by atoms with Crippen LogP contribution in [0.5, 0.6) is 0 Å². The summed E-state index contributed by atoms with van der Waals surface area (Å²) in [6.07, 6.45) is 0.645. The fourth-order valence-electron chi connectivity index (χ4n) is 3.68. The van der Waals surface area contributed by atoms with Gasteiger partial charge in [-0.15, -0.1) is 0 Å². The van der Waals surface area contributed by atoms with Gasteiger partial charge in [-0.3, -0.25) is 0 Å². The summed E-state index contributed by atoms with van der Waals surface area (Å²) < 4.78 is 21.5. The third kappa shape index (κ3) is 6.85. The molecule has 164 valence electrons. The highest BCUT2D eigenvalue weighted by Gasteiger charge is 2.28. The molecule has 2 atom stereocenters. The first-order valence-corrected chi connectivity index (χ1v) is 10.3. The number of hydrogen-bond acceptors (Lipinski definition) is 5. The maximum absolute atomic E-state index is 12.1. The zero-order chi connectivity index (χ0) is 21.9. The number of rotatable bonds is 12. The molecule has 0 bridgehead atoms. The van der Waals surface area contributed by atoms with Crippen LogP contribution in [0.1, 0.15) is 37.8 Å². The monoisotopic (exact) mass is 414 g/mol. The fraction of sp³-hybridized carbons (Fsp3) is 0.480. The van der Waals surface area contributed by atoms with Crippen LogP contribution in [-0.4, -0.2) is 46.8 Å². The molecule has 2 aromatic rings. The number of ether oxygens (including phenoxy) is 4. The van der Waals surface area contributed by atoms with Gasteiger partial charge in [-0.1, -0.05) is 74.5 Å². The summed E-state index contributed by atoms with van der Waals surface area (Å²) in [7, 11) is 3.36. The minimum atomic E-state index is -0.643. The van der Waals surface area contributed by atoms with Crippen molar-refractivity contribution in [3.63, 3.8) is 0 Å². The molecule has 5 heteroatoms. The molecule has 0 aliphatic heterocycles. The van der Waals surface area contributed by atoms with Crippen LogP contribution in [0.15, 0.2) is 60.7 Å².